The molecule has 0 spiro atoms. The first-order chi connectivity index (χ1) is 9.02. The summed E-state index contributed by atoms with van der Waals surface area (Å²) in [5, 5.41) is 8.94. The summed E-state index contributed by atoms with van der Waals surface area (Å²) in [6, 6.07) is 10.5. The quantitative estimate of drug-likeness (QED) is 0.587. The number of fused-ring (bicyclic) bond motifs is 1. The summed E-state index contributed by atoms with van der Waals surface area (Å²) in [6.07, 6.45) is 5.42. The van der Waals surface area contributed by atoms with Crippen molar-refractivity contribution >= 4 is 5.69 Å². The summed E-state index contributed by atoms with van der Waals surface area (Å²) in [5.74, 6) is 0. The first kappa shape index (κ1) is 13.2. The Hall–Kier alpha value is -2.27. The third kappa shape index (κ3) is 2.08. The standard InChI is InChI=1S/C17H18N2/c1-5-13(12-18)10-11-16-17(2,3)14-8-6-7-9-15(14)19(16)4/h5-11H,1H2,2-4H3/b13-10+,16-11+. The lowest BCUT2D eigenvalue weighted by molar-refractivity contribution is 0.640. The molecule has 1 aliphatic rings. The van der Waals surface area contributed by atoms with Gasteiger partial charge in [-0.25, -0.2) is 0 Å². The number of hydrogen-bond acceptors (Lipinski definition) is 2. The molecule has 1 heterocycles. The SMILES string of the molecule is C=C/C(C#N)=C\C=C1\N(C)c2ccccc2C1(C)C. The molecule has 0 unspecified atom stereocenters. The van der Waals surface area contributed by atoms with E-state index in [4.69, 9.17) is 5.26 Å². The predicted molar refractivity (Wildman–Crippen MR) is 79.8 cm³/mol. The maximum absolute atomic E-state index is 8.94. The molecular weight excluding hydrogens is 232 g/mol. The van der Waals surface area contributed by atoms with E-state index < -0.39 is 0 Å². The summed E-state index contributed by atoms with van der Waals surface area (Å²) in [6.45, 7) is 8.04. The third-order valence-corrected chi connectivity index (χ3v) is 3.71. The number of hydrogen-bond donors (Lipinski definition) is 0. The first-order valence-electron chi connectivity index (χ1n) is 6.30. The van der Waals surface area contributed by atoms with Crippen LogP contribution in [0.1, 0.15) is 19.4 Å². The fourth-order valence-electron chi connectivity index (χ4n) is 2.62. The minimum Gasteiger partial charge on any atom is -0.347 e. The van der Waals surface area contributed by atoms with Gasteiger partial charge in [-0.05, 0) is 23.8 Å². The number of nitriles is 1. The van der Waals surface area contributed by atoms with Crippen LogP contribution < -0.4 is 4.90 Å². The lowest BCUT2D eigenvalue weighted by atomic mass is 9.83. The van der Waals surface area contributed by atoms with Gasteiger partial charge >= 0.3 is 0 Å². The number of likely N-dealkylation sites (N-methyl/N-ethyl adjacent to an activating group) is 1. The van der Waals surface area contributed by atoms with E-state index in [1.807, 2.05) is 12.2 Å². The molecule has 0 saturated carbocycles. The Labute approximate surface area is 115 Å². The van der Waals surface area contributed by atoms with Crippen LogP contribution in [0.2, 0.25) is 0 Å². The van der Waals surface area contributed by atoms with Crippen LogP contribution in [-0.4, -0.2) is 7.05 Å². The van der Waals surface area contributed by atoms with Crippen molar-refractivity contribution in [2.24, 2.45) is 0 Å². The normalized spacial score (nSPS) is 19.2. The van der Waals surface area contributed by atoms with Crippen molar-refractivity contribution in [3.8, 4) is 6.07 Å². The summed E-state index contributed by atoms with van der Waals surface area (Å²) in [7, 11) is 2.06. The highest BCUT2D eigenvalue weighted by Crippen LogP contribution is 2.46. The van der Waals surface area contributed by atoms with Crippen molar-refractivity contribution in [3.05, 3.63) is 65.9 Å². The van der Waals surface area contributed by atoms with Gasteiger partial charge in [-0.1, -0.05) is 44.7 Å². The Bertz CT molecular complexity index is 612. The fraction of sp³-hybridized carbons (Fsp3) is 0.235. The molecule has 0 fully saturated rings. The van der Waals surface area contributed by atoms with E-state index in [9.17, 15) is 0 Å². The molecule has 0 aliphatic carbocycles. The number of benzene rings is 1. The van der Waals surface area contributed by atoms with Crippen LogP contribution in [0.25, 0.3) is 0 Å². The van der Waals surface area contributed by atoms with Crippen molar-refractivity contribution in [1.29, 1.82) is 5.26 Å². The topological polar surface area (TPSA) is 27.0 Å². The molecule has 0 radical (unpaired) electrons. The molecule has 0 atom stereocenters. The lowest BCUT2D eigenvalue weighted by Gasteiger charge is -2.23. The second-order valence-electron chi connectivity index (χ2n) is 5.19. The summed E-state index contributed by atoms with van der Waals surface area (Å²) in [5.41, 5.74) is 4.25. The molecule has 1 aromatic carbocycles. The van der Waals surface area contributed by atoms with Gasteiger partial charge in [0.15, 0.2) is 0 Å². The number of anilines is 1. The molecule has 0 saturated heterocycles. The average molecular weight is 250 g/mol. The maximum Gasteiger partial charge on any atom is 0.0991 e. The Morgan fingerprint density at radius 2 is 2.05 bits per heavy atom. The van der Waals surface area contributed by atoms with Crippen LogP contribution in [-0.2, 0) is 5.41 Å². The number of allylic oxidation sites excluding steroid dienone is 5. The van der Waals surface area contributed by atoms with Gasteiger partial charge in [0, 0.05) is 23.8 Å². The van der Waals surface area contributed by atoms with Crippen LogP contribution in [0.3, 0.4) is 0 Å². The Kier molecular flexibility index (Phi) is 3.31. The molecule has 0 aromatic heterocycles. The molecule has 2 rings (SSSR count). The van der Waals surface area contributed by atoms with Crippen LogP contribution in [0.5, 0.6) is 0 Å². The minimum atomic E-state index is -0.0520. The summed E-state index contributed by atoms with van der Waals surface area (Å²) in [4.78, 5) is 2.18. The van der Waals surface area contributed by atoms with Crippen LogP contribution >= 0.6 is 0 Å². The van der Waals surface area contributed by atoms with E-state index in [-0.39, 0.29) is 5.41 Å². The van der Waals surface area contributed by atoms with Gasteiger partial charge in [-0.2, -0.15) is 5.26 Å². The molecule has 96 valence electrons. The van der Waals surface area contributed by atoms with Gasteiger partial charge in [0.1, 0.15) is 0 Å². The molecule has 0 amide bonds. The molecule has 1 aliphatic heterocycles. The van der Waals surface area contributed by atoms with Gasteiger partial charge in [0.25, 0.3) is 0 Å². The monoisotopic (exact) mass is 250 g/mol. The second-order valence-corrected chi connectivity index (χ2v) is 5.19. The molecule has 19 heavy (non-hydrogen) atoms. The lowest BCUT2D eigenvalue weighted by Crippen LogP contribution is -2.22. The highest BCUT2D eigenvalue weighted by Gasteiger charge is 2.37. The minimum absolute atomic E-state index is 0.0520. The predicted octanol–water partition coefficient (Wildman–Crippen LogP) is 3.93. The van der Waals surface area contributed by atoms with E-state index in [1.54, 1.807) is 6.08 Å². The molecule has 2 heteroatoms. The number of para-hydroxylation sites is 1. The van der Waals surface area contributed by atoms with E-state index in [0.717, 1.165) is 0 Å². The Morgan fingerprint density at radius 1 is 1.37 bits per heavy atom. The second kappa shape index (κ2) is 4.78. The fourth-order valence-corrected chi connectivity index (χ4v) is 2.62. The number of nitrogens with zero attached hydrogens (tertiary/aromatic N) is 2. The van der Waals surface area contributed by atoms with Crippen molar-refractivity contribution in [1.82, 2.24) is 0 Å². The molecule has 0 N–H and O–H groups in total. The van der Waals surface area contributed by atoms with Gasteiger partial charge in [-0.3, -0.25) is 0 Å². The van der Waals surface area contributed by atoms with Crippen molar-refractivity contribution in [2.45, 2.75) is 19.3 Å². The Balaban J connectivity index is 2.51. The van der Waals surface area contributed by atoms with Crippen LogP contribution in [0, 0.1) is 11.3 Å². The van der Waals surface area contributed by atoms with Gasteiger partial charge in [0.2, 0.25) is 0 Å². The van der Waals surface area contributed by atoms with E-state index in [0.29, 0.717) is 5.57 Å². The van der Waals surface area contributed by atoms with Gasteiger partial charge in [-0.15, -0.1) is 0 Å². The first-order valence-corrected chi connectivity index (χ1v) is 6.30. The number of rotatable bonds is 2. The maximum atomic E-state index is 8.94. The smallest absolute Gasteiger partial charge is 0.0991 e. The molecular formula is C17H18N2. The van der Waals surface area contributed by atoms with Crippen molar-refractivity contribution < 1.29 is 0 Å². The highest BCUT2D eigenvalue weighted by molar-refractivity contribution is 5.70. The van der Waals surface area contributed by atoms with Crippen LogP contribution in [0.15, 0.2) is 60.3 Å². The zero-order valence-corrected chi connectivity index (χ0v) is 11.6. The average Bonchev–Trinajstić information content (AvgIpc) is 2.61. The zero-order chi connectivity index (χ0) is 14.0. The van der Waals surface area contributed by atoms with E-state index >= 15 is 0 Å². The summed E-state index contributed by atoms with van der Waals surface area (Å²) < 4.78 is 0. The highest BCUT2D eigenvalue weighted by atomic mass is 15.2. The molecule has 2 nitrogen and oxygen atoms in total. The molecule has 0 bridgehead atoms. The van der Waals surface area contributed by atoms with E-state index in [1.165, 1.54) is 16.9 Å². The third-order valence-electron chi connectivity index (χ3n) is 3.71. The van der Waals surface area contributed by atoms with Crippen molar-refractivity contribution in [2.75, 3.05) is 11.9 Å². The van der Waals surface area contributed by atoms with Crippen molar-refractivity contribution in [3.63, 3.8) is 0 Å². The van der Waals surface area contributed by atoms with Crippen LogP contribution in [0.4, 0.5) is 5.69 Å². The van der Waals surface area contributed by atoms with E-state index in [2.05, 4.69) is 62.7 Å². The van der Waals surface area contributed by atoms with Gasteiger partial charge in [0.05, 0.1) is 11.6 Å². The Morgan fingerprint density at radius 3 is 2.63 bits per heavy atom. The zero-order valence-electron chi connectivity index (χ0n) is 11.6. The van der Waals surface area contributed by atoms with Gasteiger partial charge < -0.3 is 4.90 Å². The largest absolute Gasteiger partial charge is 0.347 e. The molecule has 1 aromatic rings. The summed E-state index contributed by atoms with van der Waals surface area (Å²) >= 11 is 0.